The number of halogens is 1. The molecule has 0 saturated carbocycles. The zero-order valence-electron chi connectivity index (χ0n) is 31.0. The molecule has 0 radical (unpaired) electrons. The smallest absolute Gasteiger partial charge is 0.264 e. The summed E-state index contributed by atoms with van der Waals surface area (Å²) in [6.07, 6.45) is 3.27. The van der Waals surface area contributed by atoms with Crippen molar-refractivity contribution in [3.63, 3.8) is 0 Å². The van der Waals surface area contributed by atoms with E-state index in [-0.39, 0.29) is 24.2 Å². The Bertz CT molecular complexity index is 2160. The lowest BCUT2D eigenvalue weighted by Gasteiger charge is -2.45. The number of imide groups is 2. The van der Waals surface area contributed by atoms with Crippen LogP contribution in [0.1, 0.15) is 68.1 Å². The van der Waals surface area contributed by atoms with Gasteiger partial charge in [-0.25, -0.2) is 0 Å². The second-order valence-electron chi connectivity index (χ2n) is 16.1. The fraction of sp³-hybridized carbons (Fsp3) is 0.463. The van der Waals surface area contributed by atoms with Crippen molar-refractivity contribution in [1.82, 2.24) is 20.0 Å². The maximum absolute atomic E-state index is 13.6. The van der Waals surface area contributed by atoms with Gasteiger partial charge in [-0.3, -0.25) is 39.1 Å². The molecule has 5 amide bonds. The first-order valence-electron chi connectivity index (χ1n) is 19.5. The summed E-state index contributed by atoms with van der Waals surface area (Å²) < 4.78 is 0. The van der Waals surface area contributed by atoms with Crippen LogP contribution in [-0.4, -0.2) is 122 Å². The first-order valence-corrected chi connectivity index (χ1v) is 20.7. The zero-order chi connectivity index (χ0) is 38.7. The van der Waals surface area contributed by atoms with Crippen molar-refractivity contribution >= 4 is 68.8 Å². The van der Waals surface area contributed by atoms with Gasteiger partial charge < -0.3 is 19.6 Å². The number of fused-ring (bicyclic) bond motifs is 1. The lowest BCUT2D eigenvalue weighted by molar-refractivity contribution is -0.136. The molecule has 6 aliphatic heterocycles. The lowest BCUT2D eigenvalue weighted by atomic mass is 9.77. The number of carbonyl (C=O) groups is 5. The molecule has 9 rings (SSSR count). The van der Waals surface area contributed by atoms with Crippen molar-refractivity contribution in [3.05, 3.63) is 75.1 Å². The van der Waals surface area contributed by atoms with Gasteiger partial charge in [-0.15, -0.1) is 11.3 Å². The molecule has 6 aliphatic rings. The summed E-state index contributed by atoms with van der Waals surface area (Å²) in [7, 11) is 0. The average Bonchev–Trinajstić information content (AvgIpc) is 3.91. The Kier molecular flexibility index (Phi) is 9.50. The number of nitrogens with one attached hydrogen (secondary N) is 1. The Hall–Kier alpha value is -4.97. The van der Waals surface area contributed by atoms with Crippen LogP contribution >= 0.6 is 22.9 Å². The van der Waals surface area contributed by atoms with Crippen molar-refractivity contribution in [2.75, 3.05) is 86.7 Å². The molecular weight excluding hydrogens is 752 g/mol. The van der Waals surface area contributed by atoms with Gasteiger partial charge in [-0.05, 0) is 73.6 Å². The number of amides is 5. The van der Waals surface area contributed by atoms with E-state index in [1.165, 1.54) is 0 Å². The van der Waals surface area contributed by atoms with Crippen LogP contribution in [0.3, 0.4) is 0 Å². The molecule has 0 bridgehead atoms. The highest BCUT2D eigenvalue weighted by molar-refractivity contribution is 7.18. The minimum atomic E-state index is -0.979. The fourth-order valence-corrected chi connectivity index (χ4v) is 10.7. The van der Waals surface area contributed by atoms with E-state index < -0.39 is 29.7 Å². The molecule has 3 aromatic rings. The third-order valence-corrected chi connectivity index (χ3v) is 14.2. The molecule has 1 spiro atoms. The molecule has 56 heavy (non-hydrogen) atoms. The van der Waals surface area contributed by atoms with Crippen LogP contribution in [0.25, 0.3) is 0 Å². The molecule has 1 unspecified atom stereocenters. The largest absolute Gasteiger partial charge is 0.371 e. The third kappa shape index (κ3) is 6.59. The van der Waals surface area contributed by atoms with Crippen molar-refractivity contribution < 1.29 is 24.0 Å². The number of thiophene rings is 1. The predicted octanol–water partition coefficient (Wildman–Crippen LogP) is 4.07. The van der Waals surface area contributed by atoms with Gasteiger partial charge in [0.2, 0.25) is 11.8 Å². The van der Waals surface area contributed by atoms with Crippen molar-refractivity contribution in [2.24, 2.45) is 11.3 Å². The Labute approximate surface area is 334 Å². The van der Waals surface area contributed by atoms with E-state index in [2.05, 4.69) is 37.1 Å². The van der Waals surface area contributed by atoms with Crippen LogP contribution in [0.5, 0.6) is 0 Å². The number of nitriles is 1. The third-order valence-electron chi connectivity index (χ3n) is 12.7. The van der Waals surface area contributed by atoms with Crippen LogP contribution in [0, 0.1) is 22.7 Å². The van der Waals surface area contributed by atoms with Crippen molar-refractivity contribution in [2.45, 2.75) is 38.1 Å². The van der Waals surface area contributed by atoms with Gasteiger partial charge in [-0.1, -0.05) is 17.7 Å². The van der Waals surface area contributed by atoms with Gasteiger partial charge in [-0.2, -0.15) is 5.26 Å². The van der Waals surface area contributed by atoms with E-state index in [1.54, 1.807) is 29.5 Å². The van der Waals surface area contributed by atoms with E-state index >= 15 is 0 Å². The Morgan fingerprint density at radius 2 is 1.66 bits per heavy atom. The van der Waals surface area contributed by atoms with Crippen LogP contribution in [0.2, 0.25) is 5.02 Å². The minimum Gasteiger partial charge on any atom is -0.371 e. The lowest BCUT2D eigenvalue weighted by Crippen LogP contribution is -2.55. The summed E-state index contributed by atoms with van der Waals surface area (Å²) in [4.78, 5) is 77.8. The minimum absolute atomic E-state index is 0.0908. The number of piperidine rings is 2. The summed E-state index contributed by atoms with van der Waals surface area (Å²) in [5.41, 5.74) is 3.12. The van der Waals surface area contributed by atoms with E-state index in [9.17, 15) is 29.2 Å². The normalized spacial score (nSPS) is 22.8. The Balaban J connectivity index is 0.736. The second-order valence-corrected chi connectivity index (χ2v) is 17.6. The molecule has 13 nitrogen and oxygen atoms in total. The molecule has 0 aliphatic carbocycles. The maximum Gasteiger partial charge on any atom is 0.264 e. The van der Waals surface area contributed by atoms with E-state index in [1.807, 2.05) is 29.2 Å². The predicted molar refractivity (Wildman–Crippen MR) is 212 cm³/mol. The first-order chi connectivity index (χ1) is 27.1. The summed E-state index contributed by atoms with van der Waals surface area (Å²) in [6, 6.07) is 16.2. The van der Waals surface area contributed by atoms with Crippen LogP contribution in [0.4, 0.5) is 16.4 Å². The van der Waals surface area contributed by atoms with Gasteiger partial charge in [0.05, 0.1) is 37.3 Å². The second kappa shape index (κ2) is 14.5. The van der Waals surface area contributed by atoms with Gasteiger partial charge >= 0.3 is 0 Å². The average molecular weight is 795 g/mol. The van der Waals surface area contributed by atoms with E-state index in [4.69, 9.17) is 11.6 Å². The number of anilines is 3. The standard InChI is InChI=1S/C41H43ClN8O5S/c42-30-20-28(5-4-27(30)21-43)48-15-12-41(25-48)10-13-47(14-11-41)39(54)33-7-9-35(56-33)46-18-16-45(17-19-46)22-26-23-49(24-26)31-3-1-2-29-36(31)40(55)50(38(29)53)32-6-8-34(51)44-37(32)52/h1-5,7,9,20,26,32H,6,8,10-19,22-25H2,(H,44,51,52). The molecule has 2 aromatic carbocycles. The summed E-state index contributed by atoms with van der Waals surface area (Å²) in [5.74, 6) is -1.40. The molecular formula is C41H43ClN8O5S. The highest BCUT2D eigenvalue weighted by Gasteiger charge is 2.47. The number of hydrogen-bond donors (Lipinski definition) is 1. The SMILES string of the molecule is N#Cc1ccc(N2CCC3(CCN(C(=O)c4ccc(N5CCN(CC6CN(c7cccc8c7C(=O)N(C7CCC(=O)NC7=O)C8=O)C6)CC5)s4)CC3)C2)cc1Cl. The molecule has 1 aromatic heterocycles. The molecule has 15 heteroatoms. The summed E-state index contributed by atoms with van der Waals surface area (Å²) in [6.45, 7) is 9.51. The van der Waals surface area contributed by atoms with Crippen molar-refractivity contribution in [1.29, 1.82) is 5.26 Å². The molecule has 5 saturated heterocycles. The first kappa shape index (κ1) is 36.7. The number of hydrogen-bond acceptors (Lipinski definition) is 11. The number of piperazine rings is 1. The number of benzene rings is 2. The highest BCUT2D eigenvalue weighted by Crippen LogP contribution is 2.43. The molecule has 1 atom stereocenters. The van der Waals surface area contributed by atoms with E-state index in [0.717, 1.165) is 117 Å². The van der Waals surface area contributed by atoms with Crippen LogP contribution in [-0.2, 0) is 9.59 Å². The topological polar surface area (TPSA) is 141 Å². The molecule has 7 heterocycles. The zero-order valence-corrected chi connectivity index (χ0v) is 32.6. The van der Waals surface area contributed by atoms with Crippen LogP contribution < -0.4 is 20.0 Å². The molecule has 1 N–H and O–H groups in total. The molecule has 5 fully saturated rings. The van der Waals surface area contributed by atoms with Gasteiger partial charge in [0.25, 0.3) is 17.7 Å². The molecule has 290 valence electrons. The van der Waals surface area contributed by atoms with Gasteiger partial charge in [0.1, 0.15) is 12.1 Å². The quantitative estimate of drug-likeness (QED) is 0.349. The summed E-state index contributed by atoms with van der Waals surface area (Å²) >= 11 is 7.91. The van der Waals surface area contributed by atoms with E-state index in [0.29, 0.717) is 27.6 Å². The number of likely N-dealkylation sites (tertiary alicyclic amines) is 1. The van der Waals surface area contributed by atoms with Gasteiger partial charge in [0.15, 0.2) is 0 Å². The number of nitrogens with zero attached hydrogens (tertiary/aromatic N) is 7. The Morgan fingerprint density at radius 1 is 0.893 bits per heavy atom. The summed E-state index contributed by atoms with van der Waals surface area (Å²) in [5, 5.41) is 13.1. The monoisotopic (exact) mass is 794 g/mol. The van der Waals surface area contributed by atoms with Gasteiger partial charge in [0, 0.05) is 90.0 Å². The fourth-order valence-electron chi connectivity index (χ4n) is 9.47. The Morgan fingerprint density at radius 3 is 2.39 bits per heavy atom. The van der Waals surface area contributed by atoms with Crippen LogP contribution in [0.15, 0.2) is 48.5 Å². The maximum atomic E-state index is 13.6. The number of rotatable bonds is 7. The number of carbonyl (C=O) groups excluding carboxylic acids is 5. The highest BCUT2D eigenvalue weighted by atomic mass is 35.5. The van der Waals surface area contributed by atoms with Crippen molar-refractivity contribution in [3.8, 4) is 6.07 Å².